The SMILES string of the molecule is O[C@@H]1CC[C@H]1OC1CCC1. The van der Waals surface area contributed by atoms with Crippen LogP contribution in [0.1, 0.15) is 32.1 Å². The third-order valence-electron chi connectivity index (χ3n) is 2.60. The van der Waals surface area contributed by atoms with E-state index in [1.54, 1.807) is 0 Å². The Balaban J connectivity index is 1.69. The van der Waals surface area contributed by atoms with Crippen molar-refractivity contribution in [2.45, 2.75) is 50.4 Å². The molecule has 0 aromatic heterocycles. The summed E-state index contributed by atoms with van der Waals surface area (Å²) in [7, 11) is 0. The average Bonchev–Trinajstić information content (AvgIpc) is 1.82. The highest BCUT2D eigenvalue weighted by Gasteiger charge is 2.33. The molecular formula is C8H14O2. The number of rotatable bonds is 2. The van der Waals surface area contributed by atoms with Gasteiger partial charge in [0.1, 0.15) is 0 Å². The molecule has 2 rings (SSSR count). The largest absolute Gasteiger partial charge is 0.390 e. The quantitative estimate of drug-likeness (QED) is 0.625. The molecule has 0 bridgehead atoms. The van der Waals surface area contributed by atoms with Crippen LogP contribution in [0.4, 0.5) is 0 Å². The van der Waals surface area contributed by atoms with Crippen LogP contribution in [-0.4, -0.2) is 23.4 Å². The van der Waals surface area contributed by atoms with Crippen LogP contribution in [0.5, 0.6) is 0 Å². The Labute approximate surface area is 61.2 Å². The fourth-order valence-electron chi connectivity index (χ4n) is 1.36. The van der Waals surface area contributed by atoms with Gasteiger partial charge in [-0.25, -0.2) is 0 Å². The highest BCUT2D eigenvalue weighted by molar-refractivity contribution is 4.83. The van der Waals surface area contributed by atoms with Crippen LogP contribution in [0, 0.1) is 0 Å². The van der Waals surface area contributed by atoms with Crippen LogP contribution >= 0.6 is 0 Å². The molecule has 2 atom stereocenters. The molecule has 0 amide bonds. The first kappa shape index (κ1) is 6.62. The number of hydrogen-bond donors (Lipinski definition) is 1. The van der Waals surface area contributed by atoms with Crippen LogP contribution in [0.2, 0.25) is 0 Å². The van der Waals surface area contributed by atoms with Crippen molar-refractivity contribution in [3.05, 3.63) is 0 Å². The monoisotopic (exact) mass is 142 g/mol. The Kier molecular flexibility index (Phi) is 1.66. The number of aliphatic hydroxyl groups excluding tert-OH is 1. The second-order valence-electron chi connectivity index (χ2n) is 3.37. The molecule has 0 aliphatic heterocycles. The summed E-state index contributed by atoms with van der Waals surface area (Å²) in [5, 5.41) is 9.15. The van der Waals surface area contributed by atoms with Crippen molar-refractivity contribution in [3.8, 4) is 0 Å². The lowest BCUT2D eigenvalue weighted by molar-refractivity contribution is -0.145. The molecule has 58 valence electrons. The van der Waals surface area contributed by atoms with E-state index in [2.05, 4.69) is 0 Å². The first-order valence-corrected chi connectivity index (χ1v) is 4.20. The predicted octanol–water partition coefficient (Wildman–Crippen LogP) is 1.08. The summed E-state index contributed by atoms with van der Waals surface area (Å²) in [5.74, 6) is 0. The van der Waals surface area contributed by atoms with Gasteiger partial charge in [-0.15, -0.1) is 0 Å². The second kappa shape index (κ2) is 2.51. The van der Waals surface area contributed by atoms with Crippen LogP contribution < -0.4 is 0 Å². The Bertz CT molecular complexity index is 120. The Morgan fingerprint density at radius 1 is 1.10 bits per heavy atom. The van der Waals surface area contributed by atoms with Gasteiger partial charge in [0.2, 0.25) is 0 Å². The number of hydrogen-bond acceptors (Lipinski definition) is 2. The van der Waals surface area contributed by atoms with Crippen molar-refractivity contribution in [3.63, 3.8) is 0 Å². The summed E-state index contributed by atoms with van der Waals surface area (Å²) >= 11 is 0. The summed E-state index contributed by atoms with van der Waals surface area (Å²) in [4.78, 5) is 0. The molecule has 2 aliphatic carbocycles. The van der Waals surface area contributed by atoms with Crippen molar-refractivity contribution < 1.29 is 9.84 Å². The molecular weight excluding hydrogens is 128 g/mol. The normalized spacial score (nSPS) is 40.5. The number of aliphatic hydroxyl groups is 1. The minimum Gasteiger partial charge on any atom is -0.390 e. The van der Waals surface area contributed by atoms with Gasteiger partial charge in [0, 0.05) is 0 Å². The van der Waals surface area contributed by atoms with Gasteiger partial charge in [-0.1, -0.05) is 0 Å². The highest BCUT2D eigenvalue weighted by Crippen LogP contribution is 2.30. The maximum atomic E-state index is 9.15. The first-order valence-electron chi connectivity index (χ1n) is 4.20. The van der Waals surface area contributed by atoms with E-state index < -0.39 is 0 Å². The van der Waals surface area contributed by atoms with Gasteiger partial charge in [-0.3, -0.25) is 0 Å². The maximum Gasteiger partial charge on any atom is 0.0838 e. The summed E-state index contributed by atoms with van der Waals surface area (Å²) in [6, 6.07) is 0. The Morgan fingerprint density at radius 2 is 1.90 bits per heavy atom. The first-order chi connectivity index (χ1) is 4.86. The van der Waals surface area contributed by atoms with E-state index in [1.165, 1.54) is 19.3 Å². The van der Waals surface area contributed by atoms with Crippen molar-refractivity contribution in [2.24, 2.45) is 0 Å². The molecule has 0 unspecified atom stereocenters. The molecule has 0 radical (unpaired) electrons. The van der Waals surface area contributed by atoms with Crippen molar-refractivity contribution in [1.82, 2.24) is 0 Å². The van der Waals surface area contributed by atoms with Gasteiger partial charge in [0.05, 0.1) is 18.3 Å². The molecule has 2 heteroatoms. The van der Waals surface area contributed by atoms with Crippen molar-refractivity contribution >= 4 is 0 Å². The van der Waals surface area contributed by atoms with E-state index in [1.807, 2.05) is 0 Å². The summed E-state index contributed by atoms with van der Waals surface area (Å²) in [5.41, 5.74) is 0. The van der Waals surface area contributed by atoms with Crippen LogP contribution in [0.15, 0.2) is 0 Å². The minimum absolute atomic E-state index is 0.152. The van der Waals surface area contributed by atoms with E-state index in [0.29, 0.717) is 6.10 Å². The van der Waals surface area contributed by atoms with Crippen molar-refractivity contribution in [2.75, 3.05) is 0 Å². The third-order valence-corrected chi connectivity index (χ3v) is 2.60. The molecule has 10 heavy (non-hydrogen) atoms. The summed E-state index contributed by atoms with van der Waals surface area (Å²) in [6.45, 7) is 0. The van der Waals surface area contributed by atoms with Gasteiger partial charge in [0.25, 0.3) is 0 Å². The molecule has 0 spiro atoms. The minimum atomic E-state index is -0.152. The molecule has 0 aromatic carbocycles. The van der Waals surface area contributed by atoms with Crippen LogP contribution in [0.3, 0.4) is 0 Å². The van der Waals surface area contributed by atoms with Crippen molar-refractivity contribution in [1.29, 1.82) is 0 Å². The molecule has 0 aromatic rings. The smallest absolute Gasteiger partial charge is 0.0838 e. The van der Waals surface area contributed by atoms with Gasteiger partial charge in [-0.05, 0) is 32.1 Å². The predicted molar refractivity (Wildman–Crippen MR) is 37.8 cm³/mol. The maximum absolute atomic E-state index is 9.15. The molecule has 1 N–H and O–H groups in total. The van der Waals surface area contributed by atoms with Gasteiger partial charge < -0.3 is 9.84 Å². The topological polar surface area (TPSA) is 29.5 Å². The lowest BCUT2D eigenvalue weighted by Crippen LogP contribution is -2.42. The van der Waals surface area contributed by atoms with E-state index in [4.69, 9.17) is 9.84 Å². The molecule has 0 heterocycles. The van der Waals surface area contributed by atoms with Crippen LogP contribution in [-0.2, 0) is 4.74 Å². The second-order valence-corrected chi connectivity index (χ2v) is 3.37. The molecule has 2 saturated carbocycles. The van der Waals surface area contributed by atoms with Gasteiger partial charge >= 0.3 is 0 Å². The molecule has 2 aliphatic rings. The zero-order chi connectivity index (χ0) is 6.97. The fourth-order valence-corrected chi connectivity index (χ4v) is 1.36. The zero-order valence-corrected chi connectivity index (χ0v) is 6.12. The average molecular weight is 142 g/mol. The van der Waals surface area contributed by atoms with E-state index in [-0.39, 0.29) is 12.2 Å². The molecule has 2 nitrogen and oxygen atoms in total. The van der Waals surface area contributed by atoms with E-state index in [9.17, 15) is 0 Å². The Morgan fingerprint density at radius 3 is 2.20 bits per heavy atom. The third kappa shape index (κ3) is 1.06. The van der Waals surface area contributed by atoms with E-state index in [0.717, 1.165) is 12.8 Å². The summed E-state index contributed by atoms with van der Waals surface area (Å²) in [6.07, 6.45) is 6.26. The summed E-state index contributed by atoms with van der Waals surface area (Å²) < 4.78 is 5.58. The fraction of sp³-hybridized carbons (Fsp3) is 1.00. The lowest BCUT2D eigenvalue weighted by Gasteiger charge is -2.38. The van der Waals surface area contributed by atoms with Gasteiger partial charge in [0.15, 0.2) is 0 Å². The Hall–Kier alpha value is -0.0800. The van der Waals surface area contributed by atoms with Crippen LogP contribution in [0.25, 0.3) is 0 Å². The molecule has 0 saturated heterocycles. The number of ether oxygens (including phenoxy) is 1. The van der Waals surface area contributed by atoms with E-state index >= 15 is 0 Å². The molecule has 2 fully saturated rings. The highest BCUT2D eigenvalue weighted by atomic mass is 16.5. The lowest BCUT2D eigenvalue weighted by atomic mass is 9.90. The zero-order valence-electron chi connectivity index (χ0n) is 6.12. The standard InChI is InChI=1S/C8H14O2/c9-7-4-5-8(7)10-6-2-1-3-6/h6-9H,1-5H2/t7-,8-/m1/s1. The van der Waals surface area contributed by atoms with Gasteiger partial charge in [-0.2, -0.15) is 0 Å².